The minimum absolute atomic E-state index is 0.932. The van der Waals surface area contributed by atoms with Gasteiger partial charge in [0.25, 0.3) is 0 Å². The summed E-state index contributed by atoms with van der Waals surface area (Å²) >= 11 is 1.83. The van der Waals surface area contributed by atoms with E-state index in [9.17, 15) is 0 Å². The van der Waals surface area contributed by atoms with Gasteiger partial charge in [-0.2, -0.15) is 0 Å². The molecule has 0 unspecified atom stereocenters. The third kappa shape index (κ3) is 4.29. The SMILES string of the molecule is C=Cc1c(C=C)n2c3ccccc3nc2c2cc(-c3ccc(-c4ccc(-c5ccc(-c6ccccc6)s5)cc4)cc3)ccc12. The molecule has 3 heterocycles. The zero-order chi connectivity index (χ0) is 29.6. The van der Waals surface area contributed by atoms with E-state index in [4.69, 9.17) is 4.98 Å². The maximum atomic E-state index is 5.04. The molecule has 0 aliphatic rings. The third-order valence-corrected chi connectivity index (χ3v) is 9.59. The molecule has 0 radical (unpaired) electrons. The summed E-state index contributed by atoms with van der Waals surface area (Å²) in [7, 11) is 0. The van der Waals surface area contributed by atoms with Gasteiger partial charge in [-0.15, -0.1) is 11.3 Å². The Hall–Kier alpha value is -5.51. The molecule has 0 spiro atoms. The van der Waals surface area contributed by atoms with Crippen molar-refractivity contribution in [2.45, 2.75) is 0 Å². The molecule has 208 valence electrons. The van der Waals surface area contributed by atoms with Crippen molar-refractivity contribution in [3.63, 3.8) is 0 Å². The lowest BCUT2D eigenvalue weighted by Crippen LogP contribution is -1.97. The fourth-order valence-electron chi connectivity index (χ4n) is 6.20. The number of thiophene rings is 1. The maximum absolute atomic E-state index is 5.04. The molecule has 0 atom stereocenters. The number of para-hydroxylation sites is 2. The van der Waals surface area contributed by atoms with Gasteiger partial charge in [0.2, 0.25) is 0 Å². The standard InChI is InChI=1S/C41H28N2S/c1-3-33-34-23-22-32(26-35(34)41-42-36-12-8-9-13-38(36)43(41)37(33)4-2)29-16-14-27(15-17-29)28-18-20-31(21-19-28)40-25-24-39(44-40)30-10-6-5-7-11-30/h3-26H,1-2H2. The van der Waals surface area contributed by atoms with E-state index in [1.165, 1.54) is 37.6 Å². The average Bonchev–Trinajstić information content (AvgIpc) is 3.74. The lowest BCUT2D eigenvalue weighted by Gasteiger charge is -2.13. The number of aromatic nitrogens is 2. The van der Waals surface area contributed by atoms with Crippen molar-refractivity contribution >= 4 is 50.9 Å². The van der Waals surface area contributed by atoms with Gasteiger partial charge in [0.1, 0.15) is 5.65 Å². The summed E-state index contributed by atoms with van der Waals surface area (Å²) in [5.74, 6) is 0. The number of nitrogens with zero attached hydrogens (tertiary/aromatic N) is 2. The van der Waals surface area contributed by atoms with Crippen LogP contribution in [0.5, 0.6) is 0 Å². The van der Waals surface area contributed by atoms with Crippen LogP contribution in [0.3, 0.4) is 0 Å². The van der Waals surface area contributed by atoms with Crippen LogP contribution in [0.4, 0.5) is 0 Å². The quantitative estimate of drug-likeness (QED) is 0.191. The third-order valence-electron chi connectivity index (χ3n) is 8.41. The molecule has 2 nitrogen and oxygen atoms in total. The van der Waals surface area contributed by atoms with Crippen molar-refractivity contribution in [1.29, 1.82) is 0 Å². The van der Waals surface area contributed by atoms with Crippen molar-refractivity contribution in [2.75, 3.05) is 0 Å². The smallest absolute Gasteiger partial charge is 0.146 e. The van der Waals surface area contributed by atoms with Crippen molar-refractivity contribution in [3.05, 3.63) is 158 Å². The molecule has 3 heteroatoms. The number of hydrogen-bond donors (Lipinski definition) is 0. The Kier molecular flexibility index (Phi) is 6.32. The number of imidazole rings is 1. The zero-order valence-electron chi connectivity index (χ0n) is 24.1. The van der Waals surface area contributed by atoms with Crippen LogP contribution in [0.25, 0.3) is 82.7 Å². The second-order valence-electron chi connectivity index (χ2n) is 10.9. The normalized spacial score (nSPS) is 11.4. The Balaban J connectivity index is 1.13. The Morgan fingerprint density at radius 3 is 1.75 bits per heavy atom. The summed E-state index contributed by atoms with van der Waals surface area (Å²) in [4.78, 5) is 7.61. The van der Waals surface area contributed by atoms with E-state index in [2.05, 4.69) is 145 Å². The Morgan fingerprint density at radius 2 is 1.09 bits per heavy atom. The van der Waals surface area contributed by atoms with Crippen LogP contribution in [0.2, 0.25) is 0 Å². The topological polar surface area (TPSA) is 17.3 Å². The highest BCUT2D eigenvalue weighted by Gasteiger charge is 2.16. The Morgan fingerprint density at radius 1 is 0.523 bits per heavy atom. The van der Waals surface area contributed by atoms with Gasteiger partial charge >= 0.3 is 0 Å². The first kappa shape index (κ1) is 26.1. The highest BCUT2D eigenvalue weighted by molar-refractivity contribution is 7.18. The predicted octanol–water partition coefficient (Wildman–Crippen LogP) is 11.7. The fourth-order valence-corrected chi connectivity index (χ4v) is 7.22. The van der Waals surface area contributed by atoms with Crippen LogP contribution >= 0.6 is 11.3 Å². The maximum Gasteiger partial charge on any atom is 0.146 e. The summed E-state index contributed by atoms with van der Waals surface area (Å²) in [5.41, 5.74) is 12.3. The van der Waals surface area contributed by atoms with Gasteiger partial charge in [-0.05, 0) is 75.2 Å². The van der Waals surface area contributed by atoms with Gasteiger partial charge in [-0.1, -0.05) is 122 Å². The summed E-state index contributed by atoms with van der Waals surface area (Å²) in [5, 5.41) is 2.22. The van der Waals surface area contributed by atoms with Crippen LogP contribution < -0.4 is 0 Å². The lowest BCUT2D eigenvalue weighted by molar-refractivity contribution is 1.21. The van der Waals surface area contributed by atoms with Crippen molar-refractivity contribution < 1.29 is 0 Å². The molecule has 8 aromatic rings. The average molecular weight is 581 g/mol. The summed E-state index contributed by atoms with van der Waals surface area (Å²) < 4.78 is 2.21. The molecule has 5 aromatic carbocycles. The number of hydrogen-bond acceptors (Lipinski definition) is 2. The van der Waals surface area contributed by atoms with Gasteiger partial charge in [-0.25, -0.2) is 4.98 Å². The van der Waals surface area contributed by atoms with Gasteiger partial charge in [-0.3, -0.25) is 4.40 Å². The molecule has 44 heavy (non-hydrogen) atoms. The molecule has 0 aliphatic heterocycles. The van der Waals surface area contributed by atoms with Crippen LogP contribution in [0.15, 0.2) is 147 Å². The largest absolute Gasteiger partial charge is 0.292 e. The van der Waals surface area contributed by atoms with E-state index >= 15 is 0 Å². The van der Waals surface area contributed by atoms with E-state index in [0.29, 0.717) is 0 Å². The Labute approximate surface area is 260 Å². The molecule has 0 saturated heterocycles. The fraction of sp³-hybridized carbons (Fsp3) is 0. The number of fused-ring (bicyclic) bond motifs is 5. The Bertz CT molecular complexity index is 2340. The van der Waals surface area contributed by atoms with Crippen LogP contribution in [-0.4, -0.2) is 9.38 Å². The molecule has 3 aromatic heterocycles. The van der Waals surface area contributed by atoms with E-state index in [0.717, 1.165) is 44.3 Å². The predicted molar refractivity (Wildman–Crippen MR) is 190 cm³/mol. The molecule has 0 N–H and O–H groups in total. The second-order valence-corrected chi connectivity index (χ2v) is 12.0. The zero-order valence-corrected chi connectivity index (χ0v) is 24.9. The molecule has 0 fully saturated rings. The highest BCUT2D eigenvalue weighted by atomic mass is 32.1. The first-order chi connectivity index (χ1) is 21.7. The summed E-state index contributed by atoms with van der Waals surface area (Å²) in [6.07, 6.45) is 3.83. The molecule has 8 rings (SSSR count). The van der Waals surface area contributed by atoms with Gasteiger partial charge in [0, 0.05) is 20.7 Å². The van der Waals surface area contributed by atoms with Gasteiger partial charge in [0.05, 0.1) is 16.7 Å². The van der Waals surface area contributed by atoms with Crippen LogP contribution in [0, 0.1) is 0 Å². The minimum Gasteiger partial charge on any atom is -0.292 e. The van der Waals surface area contributed by atoms with Gasteiger partial charge in [0.15, 0.2) is 0 Å². The van der Waals surface area contributed by atoms with Crippen molar-refractivity contribution in [2.24, 2.45) is 0 Å². The summed E-state index contributed by atoms with van der Waals surface area (Å²) in [6.45, 7) is 8.25. The van der Waals surface area contributed by atoms with E-state index in [1.54, 1.807) is 0 Å². The molecular weight excluding hydrogens is 553 g/mol. The highest BCUT2D eigenvalue weighted by Crippen LogP contribution is 2.37. The van der Waals surface area contributed by atoms with E-state index < -0.39 is 0 Å². The molecule has 0 saturated carbocycles. The van der Waals surface area contributed by atoms with Crippen LogP contribution in [-0.2, 0) is 0 Å². The second kappa shape index (κ2) is 10.6. The number of benzene rings is 5. The lowest BCUT2D eigenvalue weighted by atomic mass is 9.96. The molecule has 0 aliphatic carbocycles. The van der Waals surface area contributed by atoms with E-state index in [-0.39, 0.29) is 0 Å². The minimum atomic E-state index is 0.932. The van der Waals surface area contributed by atoms with Crippen LogP contribution in [0.1, 0.15) is 11.3 Å². The van der Waals surface area contributed by atoms with Gasteiger partial charge < -0.3 is 0 Å². The summed E-state index contributed by atoms with van der Waals surface area (Å²) in [6, 6.07) is 47.6. The molecule has 0 bridgehead atoms. The first-order valence-corrected chi connectivity index (χ1v) is 15.5. The molecule has 0 amide bonds. The number of pyridine rings is 1. The first-order valence-electron chi connectivity index (χ1n) is 14.7. The monoisotopic (exact) mass is 580 g/mol. The number of rotatable bonds is 6. The molecular formula is C41H28N2S. The van der Waals surface area contributed by atoms with E-state index in [1.807, 2.05) is 29.6 Å². The van der Waals surface area contributed by atoms with Crippen molar-refractivity contribution in [1.82, 2.24) is 9.38 Å². The van der Waals surface area contributed by atoms with Crippen molar-refractivity contribution in [3.8, 4) is 43.1 Å².